The molecule has 82 valence electrons. The van der Waals surface area contributed by atoms with Crippen LogP contribution in [0, 0.1) is 6.92 Å². The Kier molecular flexibility index (Phi) is 2.49. The van der Waals surface area contributed by atoms with E-state index < -0.39 is 0 Å². The highest BCUT2D eigenvalue weighted by Gasteiger charge is 2.20. The molecular weight excluding hydrogens is 184 g/mol. The SMILES string of the molecule is Cc1ccc(OC(C)(C)C)c2c1CCC2. The molecular formula is C14H20O. The van der Waals surface area contributed by atoms with Crippen LogP contribution in [0.2, 0.25) is 0 Å². The highest BCUT2D eigenvalue weighted by Crippen LogP contribution is 2.34. The summed E-state index contributed by atoms with van der Waals surface area (Å²) in [6.45, 7) is 8.52. The van der Waals surface area contributed by atoms with Gasteiger partial charge in [0.15, 0.2) is 0 Å². The van der Waals surface area contributed by atoms with E-state index >= 15 is 0 Å². The second-order valence-corrected chi connectivity index (χ2v) is 5.41. The van der Waals surface area contributed by atoms with E-state index in [1.165, 1.54) is 36.0 Å². The molecule has 2 rings (SSSR count). The third kappa shape index (κ3) is 2.17. The minimum atomic E-state index is -0.0916. The Morgan fingerprint density at radius 2 is 1.73 bits per heavy atom. The van der Waals surface area contributed by atoms with Crippen molar-refractivity contribution in [3.8, 4) is 5.75 Å². The number of benzene rings is 1. The van der Waals surface area contributed by atoms with Crippen molar-refractivity contribution in [2.75, 3.05) is 0 Å². The van der Waals surface area contributed by atoms with Gasteiger partial charge in [-0.25, -0.2) is 0 Å². The molecule has 0 spiro atoms. The van der Waals surface area contributed by atoms with E-state index in [0.29, 0.717) is 0 Å². The van der Waals surface area contributed by atoms with Gasteiger partial charge in [0, 0.05) is 0 Å². The van der Waals surface area contributed by atoms with Crippen molar-refractivity contribution in [1.82, 2.24) is 0 Å². The van der Waals surface area contributed by atoms with E-state index in [1.807, 2.05) is 0 Å². The van der Waals surface area contributed by atoms with Gasteiger partial charge in [0.25, 0.3) is 0 Å². The Bertz CT molecular complexity index is 372. The molecule has 0 radical (unpaired) electrons. The molecule has 1 heteroatoms. The van der Waals surface area contributed by atoms with Crippen LogP contribution >= 0.6 is 0 Å². The lowest BCUT2D eigenvalue weighted by Crippen LogP contribution is -2.23. The van der Waals surface area contributed by atoms with E-state index in [2.05, 4.69) is 39.8 Å². The van der Waals surface area contributed by atoms with E-state index in [-0.39, 0.29) is 5.60 Å². The summed E-state index contributed by atoms with van der Waals surface area (Å²) in [5.74, 6) is 1.10. The summed E-state index contributed by atoms with van der Waals surface area (Å²) in [6.07, 6.45) is 3.69. The maximum absolute atomic E-state index is 6.00. The smallest absolute Gasteiger partial charge is 0.123 e. The number of hydrogen-bond acceptors (Lipinski definition) is 1. The van der Waals surface area contributed by atoms with Crippen LogP contribution in [0.25, 0.3) is 0 Å². The molecule has 0 unspecified atom stereocenters. The third-order valence-electron chi connectivity index (χ3n) is 2.89. The van der Waals surface area contributed by atoms with Crippen molar-refractivity contribution in [1.29, 1.82) is 0 Å². The van der Waals surface area contributed by atoms with Gasteiger partial charge in [0.1, 0.15) is 11.4 Å². The number of ether oxygens (including phenoxy) is 1. The predicted octanol–water partition coefficient (Wildman–Crippen LogP) is 3.66. The first-order chi connectivity index (χ1) is 6.97. The van der Waals surface area contributed by atoms with Crippen LogP contribution in [-0.4, -0.2) is 5.60 Å². The quantitative estimate of drug-likeness (QED) is 0.678. The number of hydrogen-bond donors (Lipinski definition) is 0. The van der Waals surface area contributed by atoms with Gasteiger partial charge in [-0.05, 0) is 69.7 Å². The Hall–Kier alpha value is -0.980. The molecule has 15 heavy (non-hydrogen) atoms. The van der Waals surface area contributed by atoms with Crippen molar-refractivity contribution < 1.29 is 4.74 Å². The van der Waals surface area contributed by atoms with Gasteiger partial charge in [0.05, 0.1) is 0 Å². The zero-order valence-corrected chi connectivity index (χ0v) is 10.2. The molecule has 0 N–H and O–H groups in total. The highest BCUT2D eigenvalue weighted by molar-refractivity contribution is 5.47. The molecule has 1 nitrogen and oxygen atoms in total. The second kappa shape index (κ2) is 3.55. The molecule has 1 aliphatic carbocycles. The van der Waals surface area contributed by atoms with Gasteiger partial charge >= 0.3 is 0 Å². The minimum absolute atomic E-state index is 0.0916. The average Bonchev–Trinajstić information content (AvgIpc) is 2.57. The molecule has 0 aliphatic heterocycles. The molecule has 1 aromatic carbocycles. The van der Waals surface area contributed by atoms with Gasteiger partial charge in [-0.2, -0.15) is 0 Å². The fourth-order valence-corrected chi connectivity index (χ4v) is 2.28. The molecule has 1 aromatic rings. The van der Waals surface area contributed by atoms with Crippen LogP contribution < -0.4 is 4.74 Å². The molecule has 0 fully saturated rings. The van der Waals surface area contributed by atoms with E-state index in [4.69, 9.17) is 4.74 Å². The first kappa shape index (κ1) is 10.5. The second-order valence-electron chi connectivity index (χ2n) is 5.41. The van der Waals surface area contributed by atoms with Crippen LogP contribution in [0.3, 0.4) is 0 Å². The van der Waals surface area contributed by atoms with Gasteiger partial charge < -0.3 is 4.74 Å². The van der Waals surface area contributed by atoms with Gasteiger partial charge in [-0.1, -0.05) is 6.07 Å². The monoisotopic (exact) mass is 204 g/mol. The lowest BCUT2D eigenvalue weighted by molar-refractivity contribution is 0.129. The molecule has 0 amide bonds. The van der Waals surface area contributed by atoms with Crippen LogP contribution in [-0.2, 0) is 12.8 Å². The molecule has 0 saturated carbocycles. The number of aryl methyl sites for hydroxylation is 1. The predicted molar refractivity (Wildman–Crippen MR) is 63.6 cm³/mol. The van der Waals surface area contributed by atoms with Crippen LogP contribution in [0.4, 0.5) is 0 Å². The Balaban J connectivity index is 2.38. The summed E-state index contributed by atoms with van der Waals surface area (Å²) in [6, 6.07) is 4.32. The summed E-state index contributed by atoms with van der Waals surface area (Å²) in [7, 11) is 0. The average molecular weight is 204 g/mol. The molecule has 1 aliphatic rings. The van der Waals surface area contributed by atoms with Crippen LogP contribution in [0.1, 0.15) is 43.9 Å². The van der Waals surface area contributed by atoms with E-state index in [1.54, 1.807) is 0 Å². The van der Waals surface area contributed by atoms with E-state index in [9.17, 15) is 0 Å². The number of rotatable bonds is 1. The van der Waals surface area contributed by atoms with Crippen molar-refractivity contribution in [2.24, 2.45) is 0 Å². The molecule has 0 atom stereocenters. The lowest BCUT2D eigenvalue weighted by Gasteiger charge is -2.23. The highest BCUT2D eigenvalue weighted by atomic mass is 16.5. The fourth-order valence-electron chi connectivity index (χ4n) is 2.28. The Morgan fingerprint density at radius 3 is 2.40 bits per heavy atom. The van der Waals surface area contributed by atoms with E-state index in [0.717, 1.165) is 5.75 Å². The Morgan fingerprint density at radius 1 is 1.07 bits per heavy atom. The van der Waals surface area contributed by atoms with Crippen LogP contribution in [0.5, 0.6) is 5.75 Å². The summed E-state index contributed by atoms with van der Waals surface area (Å²) >= 11 is 0. The maximum atomic E-state index is 6.00. The Labute approximate surface area is 92.5 Å². The first-order valence-corrected chi connectivity index (χ1v) is 5.78. The van der Waals surface area contributed by atoms with Crippen molar-refractivity contribution >= 4 is 0 Å². The topological polar surface area (TPSA) is 9.23 Å². The summed E-state index contributed by atoms with van der Waals surface area (Å²) in [4.78, 5) is 0. The lowest BCUT2D eigenvalue weighted by atomic mass is 10.0. The van der Waals surface area contributed by atoms with Gasteiger partial charge in [-0.3, -0.25) is 0 Å². The van der Waals surface area contributed by atoms with Crippen molar-refractivity contribution in [3.05, 3.63) is 28.8 Å². The molecule has 0 heterocycles. The normalized spacial score (nSPS) is 15.2. The number of fused-ring (bicyclic) bond motifs is 1. The zero-order valence-electron chi connectivity index (χ0n) is 10.2. The summed E-state index contributed by atoms with van der Waals surface area (Å²) in [5.41, 5.74) is 4.30. The maximum Gasteiger partial charge on any atom is 0.123 e. The largest absolute Gasteiger partial charge is 0.488 e. The van der Waals surface area contributed by atoms with Crippen molar-refractivity contribution in [2.45, 2.75) is 52.6 Å². The first-order valence-electron chi connectivity index (χ1n) is 5.78. The van der Waals surface area contributed by atoms with Gasteiger partial charge in [-0.15, -0.1) is 0 Å². The van der Waals surface area contributed by atoms with Gasteiger partial charge in [0.2, 0.25) is 0 Å². The summed E-state index contributed by atoms with van der Waals surface area (Å²) in [5, 5.41) is 0. The molecule has 0 aromatic heterocycles. The zero-order chi connectivity index (χ0) is 11.1. The van der Waals surface area contributed by atoms with Crippen LogP contribution in [0.15, 0.2) is 12.1 Å². The third-order valence-corrected chi connectivity index (χ3v) is 2.89. The van der Waals surface area contributed by atoms with Crippen molar-refractivity contribution in [3.63, 3.8) is 0 Å². The fraction of sp³-hybridized carbons (Fsp3) is 0.571. The molecule has 0 bridgehead atoms. The summed E-state index contributed by atoms with van der Waals surface area (Å²) < 4.78 is 6.00. The minimum Gasteiger partial charge on any atom is -0.488 e. The molecule has 0 saturated heterocycles. The standard InChI is InChI=1S/C14H20O/c1-10-8-9-13(15-14(2,3)4)12-7-5-6-11(10)12/h8-9H,5-7H2,1-4H3.